The fourth-order valence-electron chi connectivity index (χ4n) is 2.90. The summed E-state index contributed by atoms with van der Waals surface area (Å²) in [4.78, 5) is 24.0. The summed E-state index contributed by atoms with van der Waals surface area (Å²) >= 11 is 0. The average molecular weight is 272 g/mol. The quantitative estimate of drug-likeness (QED) is 0.629. The first kappa shape index (κ1) is 12.9. The molecule has 0 saturated carbocycles. The maximum Gasteiger partial charge on any atom is 0.338 e. The summed E-state index contributed by atoms with van der Waals surface area (Å²) in [7, 11) is 0. The van der Waals surface area contributed by atoms with E-state index in [0.717, 1.165) is 5.56 Å². The second-order valence-electron chi connectivity index (χ2n) is 5.13. The number of hydrogen-bond donors (Lipinski definition) is 2. The SMILES string of the molecule is CCOC(=O)c1ccc2c(c1)NC(=O)[C@]21C=C[C@@H](N)C1. The van der Waals surface area contributed by atoms with E-state index in [1.54, 1.807) is 19.1 Å². The molecule has 0 unspecified atom stereocenters. The van der Waals surface area contributed by atoms with Crippen molar-refractivity contribution < 1.29 is 14.3 Å². The number of rotatable bonds is 2. The Morgan fingerprint density at radius 3 is 3.00 bits per heavy atom. The molecular formula is C15H16N2O3. The Morgan fingerprint density at radius 2 is 2.35 bits per heavy atom. The largest absolute Gasteiger partial charge is 0.462 e. The monoisotopic (exact) mass is 272 g/mol. The van der Waals surface area contributed by atoms with Crippen molar-refractivity contribution in [3.05, 3.63) is 41.5 Å². The van der Waals surface area contributed by atoms with Crippen LogP contribution in [-0.4, -0.2) is 24.5 Å². The van der Waals surface area contributed by atoms with Gasteiger partial charge in [0.15, 0.2) is 0 Å². The lowest BCUT2D eigenvalue weighted by molar-refractivity contribution is -0.119. The van der Waals surface area contributed by atoms with Crippen molar-refractivity contribution in [1.29, 1.82) is 0 Å². The number of ether oxygens (including phenoxy) is 1. The van der Waals surface area contributed by atoms with Crippen LogP contribution in [0.3, 0.4) is 0 Å². The number of fused-ring (bicyclic) bond motifs is 2. The van der Waals surface area contributed by atoms with Gasteiger partial charge in [0.2, 0.25) is 5.91 Å². The Morgan fingerprint density at radius 1 is 1.55 bits per heavy atom. The minimum absolute atomic E-state index is 0.0855. The lowest BCUT2D eigenvalue weighted by Crippen LogP contribution is -2.33. The van der Waals surface area contributed by atoms with Crippen LogP contribution < -0.4 is 11.1 Å². The predicted octanol–water partition coefficient (Wildman–Crippen LogP) is 1.34. The molecule has 1 aromatic rings. The lowest BCUT2D eigenvalue weighted by atomic mass is 9.80. The van der Waals surface area contributed by atoms with Gasteiger partial charge >= 0.3 is 5.97 Å². The molecule has 1 amide bonds. The summed E-state index contributed by atoms with van der Waals surface area (Å²) in [5, 5.41) is 2.83. The number of esters is 1. The van der Waals surface area contributed by atoms with E-state index in [4.69, 9.17) is 10.5 Å². The zero-order chi connectivity index (χ0) is 14.3. The first-order valence-corrected chi connectivity index (χ1v) is 6.65. The zero-order valence-corrected chi connectivity index (χ0v) is 11.2. The Bertz CT molecular complexity index is 624. The predicted molar refractivity (Wildman–Crippen MR) is 74.4 cm³/mol. The highest BCUT2D eigenvalue weighted by atomic mass is 16.5. The minimum Gasteiger partial charge on any atom is -0.462 e. The minimum atomic E-state index is -0.679. The van der Waals surface area contributed by atoms with Crippen molar-refractivity contribution in [2.45, 2.75) is 24.8 Å². The maximum atomic E-state index is 12.3. The molecule has 3 rings (SSSR count). The topological polar surface area (TPSA) is 81.4 Å². The molecule has 0 aromatic heterocycles. The molecule has 1 aliphatic heterocycles. The van der Waals surface area contributed by atoms with Gasteiger partial charge in [0.1, 0.15) is 0 Å². The van der Waals surface area contributed by atoms with Gasteiger partial charge < -0.3 is 15.8 Å². The molecule has 20 heavy (non-hydrogen) atoms. The summed E-state index contributed by atoms with van der Waals surface area (Å²) in [6, 6.07) is 5.05. The van der Waals surface area contributed by atoms with Crippen LogP contribution in [0.5, 0.6) is 0 Å². The molecule has 1 aliphatic carbocycles. The van der Waals surface area contributed by atoms with E-state index in [2.05, 4.69) is 5.32 Å². The van der Waals surface area contributed by atoms with Crippen LogP contribution in [0.4, 0.5) is 5.69 Å². The molecule has 5 nitrogen and oxygen atoms in total. The fraction of sp³-hybridized carbons (Fsp3) is 0.333. The van der Waals surface area contributed by atoms with Gasteiger partial charge in [0.25, 0.3) is 0 Å². The number of nitrogens with two attached hydrogens (primary N) is 1. The summed E-state index contributed by atoms with van der Waals surface area (Å²) in [5.74, 6) is -0.470. The number of carbonyl (C=O) groups is 2. The number of carbonyl (C=O) groups excluding carboxylic acids is 2. The number of anilines is 1. The van der Waals surface area contributed by atoms with E-state index in [-0.39, 0.29) is 17.9 Å². The van der Waals surface area contributed by atoms with E-state index >= 15 is 0 Å². The van der Waals surface area contributed by atoms with Crippen LogP contribution in [0, 0.1) is 0 Å². The summed E-state index contributed by atoms with van der Waals surface area (Å²) < 4.78 is 4.96. The molecule has 0 saturated heterocycles. The van der Waals surface area contributed by atoms with Gasteiger partial charge in [-0.1, -0.05) is 18.2 Å². The molecule has 2 atom stereocenters. The van der Waals surface area contributed by atoms with Crippen molar-refractivity contribution in [1.82, 2.24) is 0 Å². The van der Waals surface area contributed by atoms with Crippen LogP contribution in [0.2, 0.25) is 0 Å². The van der Waals surface area contributed by atoms with E-state index in [9.17, 15) is 9.59 Å². The van der Waals surface area contributed by atoms with Crippen molar-refractivity contribution in [2.75, 3.05) is 11.9 Å². The Hall–Kier alpha value is -2.14. The second kappa shape index (κ2) is 4.45. The molecule has 0 bridgehead atoms. The zero-order valence-electron chi connectivity index (χ0n) is 11.2. The van der Waals surface area contributed by atoms with Crippen LogP contribution >= 0.6 is 0 Å². The smallest absolute Gasteiger partial charge is 0.338 e. The standard InChI is InChI=1S/C15H16N2O3/c1-2-20-13(18)9-3-4-11-12(7-9)17-14(19)15(11)6-5-10(16)8-15/h3-7,10H,2,8,16H2,1H3,(H,17,19)/t10-,15+/m1/s1. The van der Waals surface area contributed by atoms with Crippen molar-refractivity contribution in [3.8, 4) is 0 Å². The fourth-order valence-corrected chi connectivity index (χ4v) is 2.90. The highest BCUT2D eigenvalue weighted by Gasteiger charge is 2.48. The highest BCUT2D eigenvalue weighted by Crippen LogP contribution is 2.45. The van der Waals surface area contributed by atoms with Crippen molar-refractivity contribution in [2.24, 2.45) is 5.73 Å². The Balaban J connectivity index is 2.00. The molecular weight excluding hydrogens is 256 g/mol. The molecule has 3 N–H and O–H groups in total. The molecule has 1 aromatic carbocycles. The number of hydrogen-bond acceptors (Lipinski definition) is 4. The Kier molecular flexibility index (Phi) is 2.87. The molecule has 5 heteroatoms. The maximum absolute atomic E-state index is 12.3. The van der Waals surface area contributed by atoms with Gasteiger partial charge in [-0.3, -0.25) is 4.79 Å². The van der Waals surface area contributed by atoms with Gasteiger partial charge in [0.05, 0.1) is 17.6 Å². The van der Waals surface area contributed by atoms with E-state index in [0.29, 0.717) is 24.3 Å². The van der Waals surface area contributed by atoms with Crippen LogP contribution in [0.1, 0.15) is 29.3 Å². The number of nitrogens with one attached hydrogen (secondary N) is 1. The third kappa shape index (κ3) is 1.74. The van der Waals surface area contributed by atoms with E-state index in [1.807, 2.05) is 18.2 Å². The van der Waals surface area contributed by atoms with Crippen LogP contribution in [0.15, 0.2) is 30.4 Å². The molecule has 2 aliphatic rings. The van der Waals surface area contributed by atoms with Gasteiger partial charge in [-0.2, -0.15) is 0 Å². The van der Waals surface area contributed by atoms with E-state index in [1.165, 1.54) is 0 Å². The number of benzene rings is 1. The Labute approximate surface area is 116 Å². The molecule has 104 valence electrons. The van der Waals surface area contributed by atoms with Crippen LogP contribution in [0.25, 0.3) is 0 Å². The normalized spacial score (nSPS) is 26.7. The van der Waals surface area contributed by atoms with Gasteiger partial charge in [0, 0.05) is 11.7 Å². The first-order chi connectivity index (χ1) is 9.56. The van der Waals surface area contributed by atoms with Gasteiger partial charge in [-0.05, 0) is 31.0 Å². The molecule has 1 heterocycles. The van der Waals surface area contributed by atoms with Gasteiger partial charge in [-0.15, -0.1) is 0 Å². The third-order valence-corrected chi connectivity index (χ3v) is 3.85. The lowest BCUT2D eigenvalue weighted by Gasteiger charge is -2.20. The van der Waals surface area contributed by atoms with Crippen molar-refractivity contribution in [3.63, 3.8) is 0 Å². The second-order valence-corrected chi connectivity index (χ2v) is 5.13. The highest BCUT2D eigenvalue weighted by molar-refractivity contribution is 6.09. The summed E-state index contributed by atoms with van der Waals surface area (Å²) in [6.45, 7) is 2.08. The molecule has 1 spiro atoms. The number of amides is 1. The third-order valence-electron chi connectivity index (χ3n) is 3.85. The van der Waals surface area contributed by atoms with Crippen LogP contribution in [-0.2, 0) is 14.9 Å². The van der Waals surface area contributed by atoms with Crippen molar-refractivity contribution >= 4 is 17.6 Å². The first-order valence-electron chi connectivity index (χ1n) is 6.65. The summed E-state index contributed by atoms with van der Waals surface area (Å²) in [5.41, 5.74) is 7.19. The van der Waals surface area contributed by atoms with Gasteiger partial charge in [-0.25, -0.2) is 4.79 Å². The molecule has 0 fully saturated rings. The molecule has 0 radical (unpaired) electrons. The van der Waals surface area contributed by atoms with E-state index < -0.39 is 5.41 Å². The average Bonchev–Trinajstić information content (AvgIpc) is 2.93. The summed E-state index contributed by atoms with van der Waals surface area (Å²) in [6.07, 6.45) is 4.28.